The van der Waals surface area contributed by atoms with Gasteiger partial charge in [-0.25, -0.2) is 10.3 Å². The predicted molar refractivity (Wildman–Crippen MR) is 101 cm³/mol. The van der Waals surface area contributed by atoms with Crippen LogP contribution in [0.2, 0.25) is 0 Å². The fourth-order valence-corrected chi connectivity index (χ4v) is 2.39. The minimum Gasteiger partial charge on any atom is -0.338 e. The summed E-state index contributed by atoms with van der Waals surface area (Å²) in [6.07, 6.45) is 0.758. The number of benzene rings is 1. The first-order chi connectivity index (χ1) is 12.7. The zero-order chi connectivity index (χ0) is 20.4. The van der Waals surface area contributed by atoms with Crippen molar-refractivity contribution in [2.45, 2.75) is 53.1 Å². The van der Waals surface area contributed by atoms with Crippen molar-refractivity contribution in [3.63, 3.8) is 0 Å². The third kappa shape index (κ3) is 8.68. The Morgan fingerprint density at radius 1 is 1.07 bits per heavy atom. The third-order valence-corrected chi connectivity index (χ3v) is 3.73. The van der Waals surface area contributed by atoms with Gasteiger partial charge >= 0.3 is 5.97 Å². The van der Waals surface area contributed by atoms with Gasteiger partial charge < -0.3 is 4.84 Å². The van der Waals surface area contributed by atoms with E-state index in [2.05, 4.69) is 5.48 Å². The van der Waals surface area contributed by atoms with Gasteiger partial charge in [-0.05, 0) is 38.2 Å². The molecule has 0 aliphatic rings. The van der Waals surface area contributed by atoms with Gasteiger partial charge in [-0.15, -0.1) is 0 Å². The second-order valence-corrected chi connectivity index (χ2v) is 7.10. The Morgan fingerprint density at radius 2 is 1.70 bits per heavy atom. The van der Waals surface area contributed by atoms with Crippen molar-refractivity contribution in [1.29, 1.82) is 0 Å². The molecule has 1 aromatic rings. The summed E-state index contributed by atoms with van der Waals surface area (Å²) in [6.45, 7) is 7.34. The maximum Gasteiger partial charge on any atom is 0.332 e. The Bertz CT molecular complexity index is 616. The van der Waals surface area contributed by atoms with Crippen molar-refractivity contribution in [2.75, 3.05) is 7.05 Å². The molecule has 0 fully saturated rings. The molecule has 0 saturated heterocycles. The van der Waals surface area contributed by atoms with Crippen LogP contribution < -0.4 is 5.48 Å². The average molecular weight is 378 g/mol. The van der Waals surface area contributed by atoms with E-state index in [-0.39, 0.29) is 18.4 Å². The number of carbonyl (C=O) groups is 3. The number of aryl methyl sites for hydroxylation is 1. The molecule has 1 N–H and O–H groups in total. The standard InChI is InChI=1S/C20H30N2O5/c1-14(2)13-17(19(24)21-26-15(3)4)20(25)22(5)27-18(23)12-11-16-9-7-6-8-10-16/h6-10,14-15,17H,11-13H2,1-5H3,(H,21,24)/t17-/m1/s1. The first kappa shape index (κ1) is 22.6. The monoisotopic (exact) mass is 378 g/mol. The van der Waals surface area contributed by atoms with Crippen LogP contribution >= 0.6 is 0 Å². The molecule has 7 heteroatoms. The van der Waals surface area contributed by atoms with Gasteiger partial charge in [0.15, 0.2) is 0 Å². The predicted octanol–water partition coefficient (Wildman–Crippen LogP) is 2.65. The Labute approximate surface area is 160 Å². The zero-order valence-electron chi connectivity index (χ0n) is 16.7. The van der Waals surface area contributed by atoms with Crippen molar-refractivity contribution < 1.29 is 24.1 Å². The lowest BCUT2D eigenvalue weighted by atomic mass is 9.95. The molecule has 0 spiro atoms. The number of nitrogens with one attached hydrogen (secondary N) is 1. The number of hydrogen-bond acceptors (Lipinski definition) is 5. The lowest BCUT2D eigenvalue weighted by Crippen LogP contribution is -2.44. The SMILES string of the molecule is CC(C)C[C@H](C(=O)NOC(C)C)C(=O)N(C)OC(=O)CCc1ccccc1. The lowest BCUT2D eigenvalue weighted by molar-refractivity contribution is -0.196. The second kappa shape index (κ2) is 11.3. The van der Waals surface area contributed by atoms with Crippen LogP contribution in [0.5, 0.6) is 0 Å². The molecule has 7 nitrogen and oxygen atoms in total. The van der Waals surface area contributed by atoms with Gasteiger partial charge in [0, 0.05) is 7.05 Å². The number of rotatable bonds is 9. The molecule has 150 valence electrons. The summed E-state index contributed by atoms with van der Waals surface area (Å²) in [4.78, 5) is 47.1. The van der Waals surface area contributed by atoms with E-state index in [9.17, 15) is 14.4 Å². The molecular formula is C20H30N2O5. The van der Waals surface area contributed by atoms with Gasteiger partial charge in [0.1, 0.15) is 5.92 Å². The summed E-state index contributed by atoms with van der Waals surface area (Å²) in [5.74, 6) is -2.55. The van der Waals surface area contributed by atoms with Crippen molar-refractivity contribution in [3.8, 4) is 0 Å². The van der Waals surface area contributed by atoms with Crippen LogP contribution in [0.3, 0.4) is 0 Å². The van der Waals surface area contributed by atoms with Gasteiger partial charge in [0.2, 0.25) is 0 Å². The molecule has 0 radical (unpaired) electrons. The van der Waals surface area contributed by atoms with Gasteiger partial charge in [-0.1, -0.05) is 44.2 Å². The molecule has 0 heterocycles. The largest absolute Gasteiger partial charge is 0.338 e. The minimum atomic E-state index is -0.990. The highest BCUT2D eigenvalue weighted by molar-refractivity contribution is 5.99. The Hall–Kier alpha value is -2.41. The van der Waals surface area contributed by atoms with E-state index in [1.54, 1.807) is 13.8 Å². The summed E-state index contributed by atoms with van der Waals surface area (Å²) < 4.78 is 0. The van der Waals surface area contributed by atoms with Crippen molar-refractivity contribution in [1.82, 2.24) is 10.5 Å². The molecule has 0 unspecified atom stereocenters. The molecule has 0 bridgehead atoms. The van der Waals surface area contributed by atoms with Crippen LogP contribution in [0, 0.1) is 11.8 Å². The minimum absolute atomic E-state index is 0.103. The normalized spacial score (nSPS) is 12.0. The van der Waals surface area contributed by atoms with E-state index in [4.69, 9.17) is 9.68 Å². The summed E-state index contributed by atoms with van der Waals surface area (Å²) in [6, 6.07) is 9.52. The molecule has 1 rings (SSSR count). The van der Waals surface area contributed by atoms with Gasteiger partial charge in [-0.3, -0.25) is 14.4 Å². The first-order valence-corrected chi connectivity index (χ1v) is 9.18. The number of carbonyl (C=O) groups excluding carboxylic acids is 3. The fraction of sp³-hybridized carbons (Fsp3) is 0.550. The molecule has 1 atom stereocenters. The van der Waals surface area contributed by atoms with E-state index in [1.165, 1.54) is 7.05 Å². The van der Waals surface area contributed by atoms with E-state index in [1.807, 2.05) is 44.2 Å². The molecule has 27 heavy (non-hydrogen) atoms. The second-order valence-electron chi connectivity index (χ2n) is 7.10. The molecule has 0 aliphatic heterocycles. The fourth-order valence-electron chi connectivity index (χ4n) is 2.39. The number of hydrogen-bond donors (Lipinski definition) is 1. The molecule has 0 aliphatic carbocycles. The molecule has 0 saturated carbocycles. The van der Waals surface area contributed by atoms with Gasteiger partial charge in [0.25, 0.3) is 11.8 Å². The highest BCUT2D eigenvalue weighted by atomic mass is 16.7. The van der Waals surface area contributed by atoms with Crippen LogP contribution in [0.1, 0.15) is 46.1 Å². The van der Waals surface area contributed by atoms with E-state index in [0.29, 0.717) is 12.8 Å². The number of hydroxylamine groups is 3. The Balaban J connectivity index is 2.61. The first-order valence-electron chi connectivity index (χ1n) is 9.18. The smallest absolute Gasteiger partial charge is 0.332 e. The van der Waals surface area contributed by atoms with Crippen LogP contribution in [0.15, 0.2) is 30.3 Å². The highest BCUT2D eigenvalue weighted by Crippen LogP contribution is 2.16. The third-order valence-electron chi connectivity index (χ3n) is 3.73. The van der Waals surface area contributed by atoms with Gasteiger partial charge in [0.05, 0.1) is 12.5 Å². The number of nitrogens with zero attached hydrogens (tertiary/aromatic N) is 1. The molecule has 0 aromatic heterocycles. The highest BCUT2D eigenvalue weighted by Gasteiger charge is 2.32. The van der Waals surface area contributed by atoms with Crippen LogP contribution in [0.25, 0.3) is 0 Å². The maximum atomic E-state index is 12.6. The van der Waals surface area contributed by atoms with Crippen LogP contribution in [0.4, 0.5) is 0 Å². The molecule has 1 aromatic carbocycles. The van der Waals surface area contributed by atoms with E-state index < -0.39 is 23.7 Å². The topological polar surface area (TPSA) is 84.9 Å². The van der Waals surface area contributed by atoms with Crippen LogP contribution in [-0.4, -0.2) is 36.0 Å². The summed E-state index contributed by atoms with van der Waals surface area (Å²) in [7, 11) is 1.34. The van der Waals surface area contributed by atoms with Crippen molar-refractivity contribution in [3.05, 3.63) is 35.9 Å². The van der Waals surface area contributed by atoms with E-state index in [0.717, 1.165) is 10.6 Å². The Morgan fingerprint density at radius 3 is 2.26 bits per heavy atom. The summed E-state index contributed by atoms with van der Waals surface area (Å²) in [5.41, 5.74) is 3.30. The average Bonchev–Trinajstić information content (AvgIpc) is 2.62. The molecule has 2 amide bonds. The van der Waals surface area contributed by atoms with Crippen molar-refractivity contribution >= 4 is 17.8 Å². The van der Waals surface area contributed by atoms with Crippen molar-refractivity contribution in [2.24, 2.45) is 11.8 Å². The summed E-state index contributed by atoms with van der Waals surface area (Å²) >= 11 is 0. The molecular weight excluding hydrogens is 348 g/mol. The zero-order valence-corrected chi connectivity index (χ0v) is 16.7. The summed E-state index contributed by atoms with van der Waals surface area (Å²) in [5, 5.41) is 0.843. The maximum absolute atomic E-state index is 12.6. The Kier molecular flexibility index (Phi) is 9.50. The van der Waals surface area contributed by atoms with E-state index >= 15 is 0 Å². The lowest BCUT2D eigenvalue weighted by Gasteiger charge is -2.23. The quantitative estimate of drug-likeness (QED) is 0.527. The van der Waals surface area contributed by atoms with Crippen LogP contribution in [-0.2, 0) is 30.5 Å². The number of amides is 2. The van der Waals surface area contributed by atoms with Gasteiger partial charge in [-0.2, -0.15) is 5.06 Å².